The average molecular weight is 392 g/mol. The molecule has 0 bridgehead atoms. The van der Waals surface area contributed by atoms with Crippen LogP contribution in [-0.4, -0.2) is 58.5 Å². The van der Waals surface area contributed by atoms with Crippen molar-refractivity contribution in [1.82, 2.24) is 10.2 Å². The zero-order chi connectivity index (χ0) is 20.3. The molecule has 0 aromatic heterocycles. The van der Waals surface area contributed by atoms with E-state index in [0.29, 0.717) is 37.6 Å². The molecular weight excluding hydrogens is 360 g/mol. The fraction of sp³-hybridized carbons (Fsp3) is 0.667. The standard InChI is InChI=1S/C21H32N2O5/c1-21(2,3)28-20(26)23-12-10-15(11-13-23)14-4-6-16(7-5-14)27-17-8-9-18(24)22-19(17)25/h4-7,15,17-19,22,24-25H,8-13H2,1-3H3. The summed E-state index contributed by atoms with van der Waals surface area (Å²) in [7, 11) is 0. The lowest BCUT2D eigenvalue weighted by Gasteiger charge is -2.34. The number of benzene rings is 1. The van der Waals surface area contributed by atoms with E-state index in [4.69, 9.17) is 9.47 Å². The van der Waals surface area contributed by atoms with Gasteiger partial charge in [-0.3, -0.25) is 5.32 Å². The third-order valence-corrected chi connectivity index (χ3v) is 5.23. The highest BCUT2D eigenvalue weighted by atomic mass is 16.6. The summed E-state index contributed by atoms with van der Waals surface area (Å²) in [5.74, 6) is 1.11. The number of nitrogens with one attached hydrogen (secondary N) is 1. The summed E-state index contributed by atoms with van der Waals surface area (Å²) < 4.78 is 11.3. The summed E-state index contributed by atoms with van der Waals surface area (Å²) in [5.41, 5.74) is 0.762. The Balaban J connectivity index is 1.50. The number of aliphatic hydroxyl groups is 2. The van der Waals surface area contributed by atoms with Crippen LogP contribution in [0.3, 0.4) is 0 Å². The number of carbonyl (C=O) groups excluding carboxylic acids is 1. The second kappa shape index (κ2) is 8.68. The molecule has 2 saturated heterocycles. The SMILES string of the molecule is CC(C)(C)OC(=O)N1CCC(c2ccc(OC3CCC(O)NC3O)cc2)CC1. The van der Waals surface area contributed by atoms with Crippen molar-refractivity contribution in [3.8, 4) is 5.75 Å². The Morgan fingerprint density at radius 3 is 2.29 bits per heavy atom. The van der Waals surface area contributed by atoms with E-state index < -0.39 is 18.1 Å². The van der Waals surface area contributed by atoms with Crippen LogP contribution in [0.2, 0.25) is 0 Å². The van der Waals surface area contributed by atoms with E-state index in [1.165, 1.54) is 5.56 Å². The van der Waals surface area contributed by atoms with Crippen molar-refractivity contribution in [3.63, 3.8) is 0 Å². The number of carbonyl (C=O) groups is 1. The molecule has 2 aliphatic rings. The van der Waals surface area contributed by atoms with Crippen LogP contribution < -0.4 is 10.1 Å². The van der Waals surface area contributed by atoms with Crippen LogP contribution in [0.25, 0.3) is 0 Å². The summed E-state index contributed by atoms with van der Waals surface area (Å²) in [5, 5.41) is 22.1. The monoisotopic (exact) mass is 392 g/mol. The molecule has 7 heteroatoms. The van der Waals surface area contributed by atoms with Gasteiger partial charge in [0.1, 0.15) is 29.9 Å². The fourth-order valence-electron chi connectivity index (χ4n) is 3.71. The Hall–Kier alpha value is -1.83. The van der Waals surface area contributed by atoms with Gasteiger partial charge in [0.25, 0.3) is 0 Å². The molecule has 0 aliphatic carbocycles. The lowest BCUT2D eigenvalue weighted by Crippen LogP contribution is -2.52. The van der Waals surface area contributed by atoms with E-state index in [1.54, 1.807) is 4.90 Å². The van der Waals surface area contributed by atoms with Crippen molar-refractivity contribution >= 4 is 6.09 Å². The highest BCUT2D eigenvalue weighted by Crippen LogP contribution is 2.30. The van der Waals surface area contributed by atoms with E-state index in [1.807, 2.05) is 32.9 Å². The molecule has 3 unspecified atom stereocenters. The molecule has 7 nitrogen and oxygen atoms in total. The molecule has 0 radical (unpaired) electrons. The quantitative estimate of drug-likeness (QED) is 0.732. The summed E-state index contributed by atoms with van der Waals surface area (Å²) >= 11 is 0. The number of rotatable bonds is 3. The Kier molecular flexibility index (Phi) is 6.47. The average Bonchev–Trinajstić information content (AvgIpc) is 2.63. The first-order valence-corrected chi connectivity index (χ1v) is 10.1. The highest BCUT2D eigenvalue weighted by molar-refractivity contribution is 5.68. The highest BCUT2D eigenvalue weighted by Gasteiger charge is 2.29. The second-order valence-corrected chi connectivity index (χ2v) is 8.67. The third-order valence-electron chi connectivity index (χ3n) is 5.23. The first-order chi connectivity index (χ1) is 13.2. The molecule has 3 atom stereocenters. The van der Waals surface area contributed by atoms with Crippen LogP contribution in [0.5, 0.6) is 5.75 Å². The molecule has 0 saturated carbocycles. The van der Waals surface area contributed by atoms with Crippen LogP contribution >= 0.6 is 0 Å². The van der Waals surface area contributed by atoms with Gasteiger partial charge in [-0.15, -0.1) is 0 Å². The van der Waals surface area contributed by atoms with E-state index in [2.05, 4.69) is 17.4 Å². The molecular formula is C21H32N2O5. The minimum atomic E-state index is -0.874. The molecule has 1 aromatic carbocycles. The molecule has 1 amide bonds. The number of aliphatic hydroxyl groups excluding tert-OH is 2. The van der Waals surface area contributed by atoms with Gasteiger partial charge in [0, 0.05) is 13.1 Å². The Morgan fingerprint density at radius 1 is 1.07 bits per heavy atom. The molecule has 0 spiro atoms. The van der Waals surface area contributed by atoms with Gasteiger partial charge in [-0.1, -0.05) is 12.1 Å². The largest absolute Gasteiger partial charge is 0.486 e. The van der Waals surface area contributed by atoms with Gasteiger partial charge in [0.2, 0.25) is 0 Å². The number of piperidine rings is 2. The lowest BCUT2D eigenvalue weighted by atomic mass is 9.89. The maximum Gasteiger partial charge on any atom is 0.410 e. The number of ether oxygens (including phenoxy) is 2. The number of nitrogens with zero attached hydrogens (tertiary/aromatic N) is 1. The molecule has 2 fully saturated rings. The first kappa shape index (κ1) is 20.9. The number of amides is 1. The van der Waals surface area contributed by atoms with Crippen molar-refractivity contribution in [2.24, 2.45) is 0 Å². The van der Waals surface area contributed by atoms with Crippen molar-refractivity contribution in [2.75, 3.05) is 13.1 Å². The molecule has 3 rings (SSSR count). The van der Waals surface area contributed by atoms with Gasteiger partial charge in [0.15, 0.2) is 0 Å². The second-order valence-electron chi connectivity index (χ2n) is 8.67. The van der Waals surface area contributed by atoms with E-state index >= 15 is 0 Å². The molecule has 156 valence electrons. The Bertz CT molecular complexity index is 650. The van der Waals surface area contributed by atoms with Crippen LogP contribution in [0.15, 0.2) is 24.3 Å². The number of hydrogen-bond donors (Lipinski definition) is 3. The van der Waals surface area contributed by atoms with E-state index in [0.717, 1.165) is 12.8 Å². The molecule has 1 aromatic rings. The van der Waals surface area contributed by atoms with Crippen molar-refractivity contribution in [2.45, 2.75) is 76.5 Å². The van der Waals surface area contributed by atoms with Gasteiger partial charge < -0.3 is 24.6 Å². The summed E-state index contributed by atoms with van der Waals surface area (Å²) in [6, 6.07) is 7.96. The minimum absolute atomic E-state index is 0.237. The summed E-state index contributed by atoms with van der Waals surface area (Å²) in [6.07, 6.45) is 0.802. The van der Waals surface area contributed by atoms with Gasteiger partial charge in [-0.05, 0) is 70.1 Å². The van der Waals surface area contributed by atoms with Crippen molar-refractivity contribution in [3.05, 3.63) is 29.8 Å². The zero-order valence-corrected chi connectivity index (χ0v) is 16.9. The Labute approximate surface area is 166 Å². The van der Waals surface area contributed by atoms with Crippen LogP contribution in [0.1, 0.15) is 57.9 Å². The maximum absolute atomic E-state index is 12.2. The topological polar surface area (TPSA) is 91.3 Å². The predicted octanol–water partition coefficient (Wildman–Crippen LogP) is 2.57. The van der Waals surface area contributed by atoms with Crippen LogP contribution in [0.4, 0.5) is 4.79 Å². The van der Waals surface area contributed by atoms with E-state index in [-0.39, 0.29) is 12.2 Å². The lowest BCUT2D eigenvalue weighted by molar-refractivity contribution is -0.0652. The Morgan fingerprint density at radius 2 is 1.71 bits per heavy atom. The normalized spacial score (nSPS) is 26.8. The van der Waals surface area contributed by atoms with Gasteiger partial charge in [-0.25, -0.2) is 4.79 Å². The van der Waals surface area contributed by atoms with Crippen LogP contribution in [0, 0.1) is 0 Å². The van der Waals surface area contributed by atoms with Crippen molar-refractivity contribution < 1.29 is 24.5 Å². The summed E-state index contributed by atoms with van der Waals surface area (Å²) in [4.78, 5) is 14.0. The van der Waals surface area contributed by atoms with Crippen LogP contribution in [-0.2, 0) is 4.74 Å². The van der Waals surface area contributed by atoms with Gasteiger partial charge in [0.05, 0.1) is 0 Å². The maximum atomic E-state index is 12.2. The molecule has 2 aliphatic heterocycles. The van der Waals surface area contributed by atoms with Gasteiger partial charge >= 0.3 is 6.09 Å². The first-order valence-electron chi connectivity index (χ1n) is 10.1. The number of likely N-dealkylation sites (tertiary alicyclic amines) is 1. The minimum Gasteiger partial charge on any atom is -0.486 e. The smallest absolute Gasteiger partial charge is 0.410 e. The van der Waals surface area contributed by atoms with E-state index in [9.17, 15) is 15.0 Å². The molecule has 28 heavy (non-hydrogen) atoms. The molecule has 3 N–H and O–H groups in total. The fourth-order valence-corrected chi connectivity index (χ4v) is 3.71. The van der Waals surface area contributed by atoms with Gasteiger partial charge in [-0.2, -0.15) is 0 Å². The predicted molar refractivity (Wildman–Crippen MR) is 105 cm³/mol. The van der Waals surface area contributed by atoms with Crippen molar-refractivity contribution in [1.29, 1.82) is 0 Å². The molecule has 2 heterocycles. The third kappa shape index (κ3) is 5.59. The summed E-state index contributed by atoms with van der Waals surface area (Å²) in [6.45, 7) is 7.03. The number of hydrogen-bond acceptors (Lipinski definition) is 6. The zero-order valence-electron chi connectivity index (χ0n) is 16.9.